The van der Waals surface area contributed by atoms with Gasteiger partial charge in [-0.05, 0) is 62.1 Å². The summed E-state index contributed by atoms with van der Waals surface area (Å²) < 4.78 is 28.2. The highest BCUT2D eigenvalue weighted by molar-refractivity contribution is 7.89. The third-order valence-electron chi connectivity index (χ3n) is 5.08. The Bertz CT molecular complexity index is 1040. The van der Waals surface area contributed by atoms with Crippen molar-refractivity contribution in [2.45, 2.75) is 50.8 Å². The minimum Gasteiger partial charge on any atom is -0.253 e. The van der Waals surface area contributed by atoms with Crippen LogP contribution in [0, 0.1) is 13.8 Å². The van der Waals surface area contributed by atoms with Gasteiger partial charge in [0, 0.05) is 17.6 Å². The van der Waals surface area contributed by atoms with Crippen LogP contribution in [0.15, 0.2) is 59.5 Å². The Morgan fingerprint density at radius 1 is 1.00 bits per heavy atom. The van der Waals surface area contributed by atoms with E-state index in [4.69, 9.17) is 0 Å². The Morgan fingerprint density at radius 3 is 2.46 bits per heavy atom. The number of nitrogens with one attached hydrogen (secondary N) is 1. The number of fused-ring (bicyclic) bond motifs is 1. The zero-order valence-corrected chi connectivity index (χ0v) is 17.6. The quantitative estimate of drug-likeness (QED) is 0.576. The van der Waals surface area contributed by atoms with Crippen LogP contribution in [0.4, 0.5) is 0 Å². The Balaban J connectivity index is 1.82. The van der Waals surface area contributed by atoms with E-state index in [9.17, 15) is 8.42 Å². The van der Waals surface area contributed by atoms with Crippen molar-refractivity contribution < 1.29 is 8.42 Å². The molecule has 1 N–H and O–H groups in total. The first-order valence-corrected chi connectivity index (χ1v) is 11.3. The molecule has 28 heavy (non-hydrogen) atoms. The molecule has 0 radical (unpaired) electrons. The number of aromatic nitrogens is 1. The van der Waals surface area contributed by atoms with E-state index in [1.165, 1.54) is 0 Å². The molecule has 0 fully saturated rings. The van der Waals surface area contributed by atoms with Gasteiger partial charge in [-0.3, -0.25) is 4.98 Å². The van der Waals surface area contributed by atoms with Crippen molar-refractivity contribution in [2.24, 2.45) is 0 Å². The molecule has 3 rings (SSSR count). The number of hydrogen-bond donors (Lipinski definition) is 1. The first-order valence-electron chi connectivity index (χ1n) is 9.82. The molecule has 0 saturated heterocycles. The van der Waals surface area contributed by atoms with Gasteiger partial charge < -0.3 is 0 Å². The summed E-state index contributed by atoms with van der Waals surface area (Å²) in [5.41, 5.74) is 4.16. The van der Waals surface area contributed by atoms with Crippen molar-refractivity contribution in [3.63, 3.8) is 0 Å². The van der Waals surface area contributed by atoms with E-state index in [0.29, 0.717) is 11.4 Å². The third-order valence-corrected chi connectivity index (χ3v) is 6.52. The minimum atomic E-state index is -3.52. The Morgan fingerprint density at radius 2 is 1.75 bits per heavy atom. The van der Waals surface area contributed by atoms with Gasteiger partial charge in [0.05, 0.1) is 10.4 Å². The first-order chi connectivity index (χ1) is 13.4. The molecular formula is C23H28N2O2S. The normalized spacial score (nSPS) is 13.0. The SMILES string of the molecule is CCCC[C@@H](CNS(=O)(=O)c1ccc(C)cc1)c1ccc2nc(C)ccc2c1. The van der Waals surface area contributed by atoms with Crippen LogP contribution in [0.25, 0.3) is 10.9 Å². The maximum absolute atomic E-state index is 12.7. The Hall–Kier alpha value is -2.24. The van der Waals surface area contributed by atoms with Crippen molar-refractivity contribution in [1.82, 2.24) is 9.71 Å². The van der Waals surface area contributed by atoms with Crippen molar-refractivity contribution >= 4 is 20.9 Å². The summed E-state index contributed by atoms with van der Waals surface area (Å²) in [5, 5.41) is 1.09. The van der Waals surface area contributed by atoms with Gasteiger partial charge in [-0.1, -0.05) is 49.6 Å². The lowest BCUT2D eigenvalue weighted by Gasteiger charge is -2.19. The van der Waals surface area contributed by atoms with Gasteiger partial charge in [0.1, 0.15) is 0 Å². The monoisotopic (exact) mass is 396 g/mol. The molecule has 0 aliphatic rings. The second kappa shape index (κ2) is 8.84. The summed E-state index contributed by atoms with van der Waals surface area (Å²) in [6, 6.07) is 17.3. The highest BCUT2D eigenvalue weighted by atomic mass is 32.2. The Labute approximate surface area is 168 Å². The topological polar surface area (TPSA) is 59.1 Å². The molecule has 5 heteroatoms. The molecule has 2 aromatic carbocycles. The van der Waals surface area contributed by atoms with Gasteiger partial charge in [0.15, 0.2) is 0 Å². The zero-order valence-electron chi connectivity index (χ0n) is 16.8. The van der Waals surface area contributed by atoms with E-state index in [1.807, 2.05) is 38.1 Å². The fourth-order valence-electron chi connectivity index (χ4n) is 3.35. The molecule has 0 aliphatic heterocycles. The summed E-state index contributed by atoms with van der Waals surface area (Å²) in [7, 11) is -3.52. The summed E-state index contributed by atoms with van der Waals surface area (Å²) in [5.74, 6) is 0.130. The van der Waals surface area contributed by atoms with Crippen LogP contribution in [0.2, 0.25) is 0 Å². The van der Waals surface area contributed by atoms with Crippen molar-refractivity contribution in [3.05, 3.63) is 71.4 Å². The summed E-state index contributed by atoms with van der Waals surface area (Å²) >= 11 is 0. The standard InChI is InChI=1S/C23H28N2O2S/c1-4-5-6-21(16-24-28(26,27)22-12-7-17(2)8-13-22)19-11-14-23-20(15-19)10-9-18(3)25-23/h7-15,21,24H,4-6,16H2,1-3H3/t21-/m0/s1. The Kier molecular flexibility index (Phi) is 6.47. The average molecular weight is 397 g/mol. The van der Waals surface area contributed by atoms with Crippen LogP contribution >= 0.6 is 0 Å². The molecule has 4 nitrogen and oxygen atoms in total. The zero-order chi connectivity index (χ0) is 20.1. The average Bonchev–Trinajstić information content (AvgIpc) is 2.68. The van der Waals surface area contributed by atoms with Crippen LogP contribution in [0.1, 0.15) is 48.9 Å². The predicted molar refractivity (Wildman–Crippen MR) is 115 cm³/mol. The largest absolute Gasteiger partial charge is 0.253 e. The molecule has 0 amide bonds. The summed E-state index contributed by atoms with van der Waals surface area (Å²) in [4.78, 5) is 4.87. The smallest absolute Gasteiger partial charge is 0.240 e. The van der Waals surface area contributed by atoms with Gasteiger partial charge in [0.2, 0.25) is 10.0 Å². The molecule has 0 aliphatic carbocycles. The lowest BCUT2D eigenvalue weighted by molar-refractivity contribution is 0.547. The summed E-state index contributed by atoms with van der Waals surface area (Å²) in [6.45, 7) is 6.47. The molecule has 0 unspecified atom stereocenters. The molecule has 1 aromatic heterocycles. The van der Waals surface area contributed by atoms with Crippen molar-refractivity contribution in [3.8, 4) is 0 Å². The van der Waals surface area contributed by atoms with Gasteiger partial charge in [-0.25, -0.2) is 13.1 Å². The number of hydrogen-bond acceptors (Lipinski definition) is 3. The van der Waals surface area contributed by atoms with Gasteiger partial charge in [0.25, 0.3) is 0 Å². The number of benzene rings is 2. The van der Waals surface area contributed by atoms with Crippen LogP contribution < -0.4 is 4.72 Å². The molecule has 1 atom stereocenters. The number of aryl methyl sites for hydroxylation is 2. The highest BCUT2D eigenvalue weighted by Crippen LogP contribution is 2.26. The molecule has 148 valence electrons. The third kappa shape index (κ3) is 4.97. The van der Waals surface area contributed by atoms with E-state index in [1.54, 1.807) is 12.1 Å². The second-order valence-electron chi connectivity index (χ2n) is 7.41. The number of sulfonamides is 1. The van der Waals surface area contributed by atoms with Gasteiger partial charge >= 0.3 is 0 Å². The van der Waals surface area contributed by atoms with E-state index in [2.05, 4.69) is 34.8 Å². The fourth-order valence-corrected chi connectivity index (χ4v) is 4.43. The molecule has 3 aromatic rings. The number of rotatable bonds is 8. The molecule has 1 heterocycles. The first kappa shape index (κ1) is 20.5. The van der Waals surface area contributed by atoms with Crippen molar-refractivity contribution in [2.75, 3.05) is 6.54 Å². The van der Waals surface area contributed by atoms with Crippen molar-refractivity contribution in [1.29, 1.82) is 0 Å². The predicted octanol–water partition coefficient (Wildman–Crippen LogP) is 5.10. The van der Waals surface area contributed by atoms with Gasteiger partial charge in [-0.2, -0.15) is 0 Å². The van der Waals surface area contributed by atoms with Crippen LogP contribution in [-0.4, -0.2) is 19.9 Å². The van der Waals surface area contributed by atoms with E-state index in [0.717, 1.165) is 47.0 Å². The lowest BCUT2D eigenvalue weighted by Crippen LogP contribution is -2.28. The summed E-state index contributed by atoms with van der Waals surface area (Å²) in [6.07, 6.45) is 3.08. The number of pyridine rings is 1. The van der Waals surface area contributed by atoms with E-state index >= 15 is 0 Å². The maximum Gasteiger partial charge on any atom is 0.240 e. The van der Waals surface area contributed by atoms with E-state index < -0.39 is 10.0 Å². The molecular weight excluding hydrogens is 368 g/mol. The van der Waals surface area contributed by atoms with Crippen LogP contribution in [-0.2, 0) is 10.0 Å². The lowest BCUT2D eigenvalue weighted by atomic mass is 9.92. The maximum atomic E-state index is 12.7. The minimum absolute atomic E-state index is 0.130. The molecule has 0 bridgehead atoms. The van der Waals surface area contributed by atoms with Gasteiger partial charge in [-0.15, -0.1) is 0 Å². The molecule has 0 spiro atoms. The fraction of sp³-hybridized carbons (Fsp3) is 0.348. The number of unbranched alkanes of at least 4 members (excludes halogenated alkanes) is 1. The van der Waals surface area contributed by atoms with Crippen LogP contribution in [0.5, 0.6) is 0 Å². The van der Waals surface area contributed by atoms with Crippen LogP contribution in [0.3, 0.4) is 0 Å². The number of nitrogens with zero attached hydrogens (tertiary/aromatic N) is 1. The molecule has 0 saturated carbocycles. The van der Waals surface area contributed by atoms with E-state index in [-0.39, 0.29) is 5.92 Å². The highest BCUT2D eigenvalue weighted by Gasteiger charge is 2.18. The second-order valence-corrected chi connectivity index (χ2v) is 9.18.